The van der Waals surface area contributed by atoms with Crippen LogP contribution in [0.1, 0.15) is 23.6 Å². The van der Waals surface area contributed by atoms with Crippen molar-refractivity contribution in [2.75, 3.05) is 31.2 Å². The molecule has 0 aliphatic carbocycles. The summed E-state index contributed by atoms with van der Waals surface area (Å²) in [5.41, 5.74) is 9.70. The highest BCUT2D eigenvalue weighted by atomic mass is 32.1. The van der Waals surface area contributed by atoms with Crippen LogP contribution < -0.4 is 10.6 Å². The van der Waals surface area contributed by atoms with E-state index in [9.17, 15) is 4.39 Å². The fraction of sp³-hybridized carbons (Fsp3) is 0.261. The predicted molar refractivity (Wildman–Crippen MR) is 124 cm³/mol. The van der Waals surface area contributed by atoms with Crippen molar-refractivity contribution < 1.29 is 9.13 Å². The topological polar surface area (TPSA) is 67.0 Å². The van der Waals surface area contributed by atoms with Gasteiger partial charge >= 0.3 is 0 Å². The number of anilines is 1. The van der Waals surface area contributed by atoms with E-state index >= 15 is 0 Å². The number of rotatable bonds is 3. The minimum absolute atomic E-state index is 0.187. The van der Waals surface area contributed by atoms with Crippen molar-refractivity contribution >= 4 is 39.8 Å². The highest BCUT2D eigenvalue weighted by molar-refractivity contribution is 7.80. The zero-order valence-electron chi connectivity index (χ0n) is 16.9. The molecule has 1 unspecified atom stereocenters. The van der Waals surface area contributed by atoms with Gasteiger partial charge in [-0.25, -0.2) is 14.4 Å². The Hall–Kier alpha value is -3.10. The van der Waals surface area contributed by atoms with Crippen LogP contribution >= 0.6 is 12.2 Å². The summed E-state index contributed by atoms with van der Waals surface area (Å²) in [5, 5.41) is 7.63. The van der Waals surface area contributed by atoms with Gasteiger partial charge in [-0.3, -0.25) is 0 Å². The van der Waals surface area contributed by atoms with Crippen molar-refractivity contribution in [3.63, 3.8) is 0 Å². The van der Waals surface area contributed by atoms with E-state index in [1.165, 1.54) is 12.1 Å². The van der Waals surface area contributed by atoms with Gasteiger partial charge in [-0.15, -0.1) is 0 Å². The second-order valence-corrected chi connectivity index (χ2v) is 8.07. The summed E-state index contributed by atoms with van der Waals surface area (Å²) >= 11 is 5.33. The molecule has 1 atom stereocenters. The van der Waals surface area contributed by atoms with Crippen molar-refractivity contribution in [2.45, 2.75) is 12.5 Å². The Morgan fingerprint density at radius 1 is 1.10 bits per heavy atom. The lowest BCUT2D eigenvalue weighted by molar-refractivity contribution is 0.122. The van der Waals surface area contributed by atoms with Crippen molar-refractivity contribution in [1.82, 2.24) is 9.99 Å². The molecule has 0 bridgehead atoms. The molecule has 5 rings (SSSR count). The standard InChI is InChI=1S/C23H22FN5OS/c24-17-7-5-15(6-8-17)20-14-21(29(27-20)23(25)31)18-13-16-3-1-2-4-19(16)26-22(18)28-9-11-30-12-10-28/h1-8,13,21H,9-12,14H2,(H2,25,31). The first-order chi connectivity index (χ1) is 15.1. The summed E-state index contributed by atoms with van der Waals surface area (Å²) in [4.78, 5) is 7.25. The molecule has 1 saturated heterocycles. The summed E-state index contributed by atoms with van der Waals surface area (Å²) in [7, 11) is 0. The first-order valence-electron chi connectivity index (χ1n) is 10.2. The van der Waals surface area contributed by atoms with Gasteiger partial charge in [0.1, 0.15) is 11.6 Å². The van der Waals surface area contributed by atoms with Crippen LogP contribution in [0.3, 0.4) is 0 Å². The maximum atomic E-state index is 13.4. The first kappa shape index (κ1) is 19.8. The molecule has 1 aromatic heterocycles. The van der Waals surface area contributed by atoms with Gasteiger partial charge in [0.05, 0.1) is 30.5 Å². The Balaban J connectivity index is 1.59. The van der Waals surface area contributed by atoms with Crippen molar-refractivity contribution in [3.8, 4) is 0 Å². The van der Waals surface area contributed by atoms with Gasteiger partial charge in [0.25, 0.3) is 0 Å². The van der Waals surface area contributed by atoms with E-state index in [-0.39, 0.29) is 17.0 Å². The third-order valence-electron chi connectivity index (χ3n) is 5.72. The molecule has 31 heavy (non-hydrogen) atoms. The Bertz CT molecular complexity index is 1160. The van der Waals surface area contributed by atoms with E-state index in [0.717, 1.165) is 46.6 Å². The number of para-hydroxylation sites is 1. The van der Waals surface area contributed by atoms with Gasteiger partial charge in [0.15, 0.2) is 5.11 Å². The Morgan fingerprint density at radius 2 is 1.84 bits per heavy atom. The van der Waals surface area contributed by atoms with Crippen molar-refractivity contribution in [1.29, 1.82) is 0 Å². The smallest absolute Gasteiger partial charge is 0.187 e. The van der Waals surface area contributed by atoms with E-state index in [4.69, 9.17) is 32.8 Å². The maximum Gasteiger partial charge on any atom is 0.187 e. The van der Waals surface area contributed by atoms with Gasteiger partial charge in [0, 0.05) is 30.5 Å². The monoisotopic (exact) mass is 435 g/mol. The molecular formula is C23H22FN5OS. The molecule has 0 spiro atoms. The molecule has 6 nitrogen and oxygen atoms in total. The Labute approximate surface area is 185 Å². The molecular weight excluding hydrogens is 413 g/mol. The van der Waals surface area contributed by atoms with Gasteiger partial charge in [-0.05, 0) is 42.0 Å². The number of benzene rings is 2. The average molecular weight is 436 g/mol. The van der Waals surface area contributed by atoms with Crippen LogP contribution in [-0.2, 0) is 4.74 Å². The van der Waals surface area contributed by atoms with Crippen LogP contribution in [0.2, 0.25) is 0 Å². The number of hydrazone groups is 1. The maximum absolute atomic E-state index is 13.4. The highest BCUT2D eigenvalue weighted by Crippen LogP contribution is 2.38. The molecule has 0 amide bonds. The summed E-state index contributed by atoms with van der Waals surface area (Å²) in [6, 6.07) is 16.4. The van der Waals surface area contributed by atoms with Crippen molar-refractivity contribution in [2.24, 2.45) is 10.8 Å². The number of thiocarbonyl (C=S) groups is 1. The van der Waals surface area contributed by atoms with Crippen LogP contribution in [0.4, 0.5) is 10.2 Å². The van der Waals surface area contributed by atoms with Gasteiger partial charge in [0.2, 0.25) is 0 Å². The molecule has 8 heteroatoms. The molecule has 2 N–H and O–H groups in total. The number of nitrogens with zero attached hydrogens (tertiary/aromatic N) is 4. The lowest BCUT2D eigenvalue weighted by Gasteiger charge is -2.32. The zero-order valence-corrected chi connectivity index (χ0v) is 17.7. The minimum Gasteiger partial charge on any atom is -0.378 e. The molecule has 3 aromatic rings. The van der Waals surface area contributed by atoms with Gasteiger partial charge in [-0.1, -0.05) is 30.3 Å². The molecule has 158 valence electrons. The van der Waals surface area contributed by atoms with Crippen LogP contribution in [0, 0.1) is 5.82 Å². The first-order valence-corrected chi connectivity index (χ1v) is 10.7. The van der Waals surface area contributed by atoms with E-state index < -0.39 is 0 Å². The molecule has 2 aliphatic heterocycles. The Morgan fingerprint density at radius 3 is 2.58 bits per heavy atom. The summed E-state index contributed by atoms with van der Waals surface area (Å²) in [6.45, 7) is 2.86. The van der Waals surface area contributed by atoms with Crippen molar-refractivity contribution in [3.05, 3.63) is 71.5 Å². The van der Waals surface area contributed by atoms with Crippen LogP contribution in [-0.4, -0.2) is 47.1 Å². The number of fused-ring (bicyclic) bond motifs is 1. The fourth-order valence-corrected chi connectivity index (χ4v) is 4.34. The molecule has 2 aromatic carbocycles. The quantitative estimate of drug-likeness (QED) is 0.634. The minimum atomic E-state index is -0.279. The zero-order chi connectivity index (χ0) is 21.4. The highest BCUT2D eigenvalue weighted by Gasteiger charge is 2.34. The second-order valence-electron chi connectivity index (χ2n) is 7.65. The van der Waals surface area contributed by atoms with E-state index in [1.54, 1.807) is 17.1 Å². The lowest BCUT2D eigenvalue weighted by Crippen LogP contribution is -2.39. The predicted octanol–water partition coefficient (Wildman–Crippen LogP) is 3.61. The number of ether oxygens (including phenoxy) is 1. The summed E-state index contributed by atoms with van der Waals surface area (Å²) in [6.07, 6.45) is 0.598. The van der Waals surface area contributed by atoms with Gasteiger partial charge in [-0.2, -0.15) is 5.10 Å². The third kappa shape index (κ3) is 3.84. The average Bonchev–Trinajstić information content (AvgIpc) is 3.25. The van der Waals surface area contributed by atoms with Crippen LogP contribution in [0.15, 0.2) is 59.7 Å². The number of hydrogen-bond donors (Lipinski definition) is 1. The SMILES string of the molecule is NC(=S)N1N=C(c2ccc(F)cc2)CC1c1cc2ccccc2nc1N1CCOCC1. The fourth-order valence-electron chi connectivity index (χ4n) is 4.17. The molecule has 1 fully saturated rings. The lowest BCUT2D eigenvalue weighted by atomic mass is 9.97. The van der Waals surface area contributed by atoms with Crippen LogP contribution in [0.25, 0.3) is 10.9 Å². The molecule has 0 saturated carbocycles. The Kier molecular flexibility index (Phi) is 5.25. The number of nitrogens with two attached hydrogens (primary N) is 1. The second kappa shape index (κ2) is 8.20. The molecule has 0 radical (unpaired) electrons. The van der Waals surface area contributed by atoms with E-state index in [0.29, 0.717) is 19.6 Å². The molecule has 3 heterocycles. The summed E-state index contributed by atoms with van der Waals surface area (Å²) < 4.78 is 19.0. The third-order valence-corrected chi connectivity index (χ3v) is 5.90. The van der Waals surface area contributed by atoms with E-state index in [1.807, 2.05) is 18.2 Å². The number of morpholine rings is 1. The molecule has 2 aliphatic rings. The van der Waals surface area contributed by atoms with E-state index in [2.05, 4.69) is 17.0 Å². The number of pyridine rings is 1. The number of hydrogen-bond acceptors (Lipinski definition) is 5. The number of halogens is 1. The summed E-state index contributed by atoms with van der Waals surface area (Å²) in [5.74, 6) is 0.627. The van der Waals surface area contributed by atoms with Gasteiger partial charge < -0.3 is 15.4 Å². The number of aromatic nitrogens is 1. The van der Waals surface area contributed by atoms with Crippen LogP contribution in [0.5, 0.6) is 0 Å². The largest absolute Gasteiger partial charge is 0.378 e. The normalized spacial score (nSPS) is 19.0.